The first-order chi connectivity index (χ1) is 12.6. The molecule has 0 aliphatic rings. The van der Waals surface area contributed by atoms with Crippen molar-refractivity contribution < 1.29 is 9.53 Å². The van der Waals surface area contributed by atoms with Crippen molar-refractivity contribution in [1.82, 2.24) is 10.2 Å². The van der Waals surface area contributed by atoms with E-state index in [0.717, 1.165) is 43.7 Å². The van der Waals surface area contributed by atoms with Gasteiger partial charge in [0.05, 0.1) is 13.2 Å². The van der Waals surface area contributed by atoms with Gasteiger partial charge in [-0.25, -0.2) is 0 Å². The number of ether oxygens (including phenoxy) is 1. The van der Waals surface area contributed by atoms with E-state index in [1.807, 2.05) is 61.3 Å². The van der Waals surface area contributed by atoms with Crippen LogP contribution in [0.4, 0.5) is 0 Å². The quantitative estimate of drug-likeness (QED) is 0.629. The van der Waals surface area contributed by atoms with Crippen LogP contribution in [0, 0.1) is 6.92 Å². The molecule has 0 aliphatic carbocycles. The number of nitrogens with zero attached hydrogens (tertiary/aromatic N) is 1. The average Bonchev–Trinajstić information content (AvgIpc) is 2.64. The third-order valence-corrected chi connectivity index (χ3v) is 4.26. The smallest absolute Gasteiger partial charge is 0.234 e. The number of hydrogen-bond donors (Lipinski definition) is 1. The summed E-state index contributed by atoms with van der Waals surface area (Å²) in [5, 5.41) is 3.00. The summed E-state index contributed by atoms with van der Waals surface area (Å²) in [6, 6.07) is 18.4. The molecule has 0 bridgehead atoms. The summed E-state index contributed by atoms with van der Waals surface area (Å²) < 4.78 is 5.79. The number of amides is 1. The number of nitrogens with one attached hydrogen (secondary N) is 1. The molecule has 0 unspecified atom stereocenters. The highest BCUT2D eigenvalue weighted by Crippen LogP contribution is 2.16. The van der Waals surface area contributed by atoms with E-state index in [1.54, 1.807) is 0 Å². The fraction of sp³-hybridized carbons (Fsp3) is 0.409. The van der Waals surface area contributed by atoms with E-state index in [-0.39, 0.29) is 5.91 Å². The fourth-order valence-electron chi connectivity index (χ4n) is 2.78. The average molecular weight is 354 g/mol. The molecular weight excluding hydrogens is 324 g/mol. The Kier molecular flexibility index (Phi) is 8.70. The van der Waals surface area contributed by atoms with Gasteiger partial charge in [0.25, 0.3) is 0 Å². The Balaban J connectivity index is 1.52. The molecule has 1 N–H and O–H groups in total. The summed E-state index contributed by atoms with van der Waals surface area (Å²) in [4.78, 5) is 14.0. The predicted octanol–water partition coefficient (Wildman–Crippen LogP) is 3.44. The lowest BCUT2D eigenvalue weighted by Crippen LogP contribution is -2.36. The number of para-hydroxylation sites is 1. The number of hydrogen-bond acceptors (Lipinski definition) is 3. The number of aryl methyl sites for hydroxylation is 2. The van der Waals surface area contributed by atoms with E-state index in [9.17, 15) is 4.79 Å². The second-order valence-electron chi connectivity index (χ2n) is 6.64. The summed E-state index contributed by atoms with van der Waals surface area (Å²) >= 11 is 0. The Morgan fingerprint density at radius 3 is 2.54 bits per heavy atom. The lowest BCUT2D eigenvalue weighted by molar-refractivity contribution is -0.121. The molecule has 0 fully saturated rings. The van der Waals surface area contributed by atoms with Gasteiger partial charge < -0.3 is 10.1 Å². The molecule has 0 heterocycles. The minimum Gasteiger partial charge on any atom is -0.493 e. The van der Waals surface area contributed by atoms with Gasteiger partial charge in [0.2, 0.25) is 5.91 Å². The monoisotopic (exact) mass is 354 g/mol. The molecule has 26 heavy (non-hydrogen) atoms. The topological polar surface area (TPSA) is 41.6 Å². The summed E-state index contributed by atoms with van der Waals surface area (Å²) in [5.74, 6) is 1.02. The number of carbonyl (C=O) groups excluding carboxylic acids is 1. The third-order valence-electron chi connectivity index (χ3n) is 4.26. The van der Waals surface area contributed by atoms with E-state index in [0.29, 0.717) is 13.2 Å². The van der Waals surface area contributed by atoms with E-state index in [1.165, 1.54) is 5.56 Å². The van der Waals surface area contributed by atoms with Crippen molar-refractivity contribution in [3.8, 4) is 5.75 Å². The van der Waals surface area contributed by atoms with Crippen LogP contribution >= 0.6 is 0 Å². The standard InChI is InChI=1S/C22H30N2O2/c1-19-10-6-7-14-21(19)26-17-9-16-24(2)18-22(25)23-15-8-13-20-11-4-3-5-12-20/h3-7,10-12,14H,8-9,13,15-18H2,1-2H3,(H,23,25). The number of carbonyl (C=O) groups is 1. The molecule has 1 amide bonds. The Hall–Kier alpha value is -2.33. The zero-order chi connectivity index (χ0) is 18.6. The van der Waals surface area contributed by atoms with Crippen LogP contribution in [0.5, 0.6) is 5.75 Å². The maximum Gasteiger partial charge on any atom is 0.234 e. The first-order valence-electron chi connectivity index (χ1n) is 9.33. The molecule has 0 aromatic heterocycles. The molecule has 0 atom stereocenters. The van der Waals surface area contributed by atoms with Crippen LogP contribution in [0.3, 0.4) is 0 Å². The van der Waals surface area contributed by atoms with Crippen LogP contribution in [-0.4, -0.2) is 44.1 Å². The van der Waals surface area contributed by atoms with E-state index >= 15 is 0 Å². The summed E-state index contributed by atoms with van der Waals surface area (Å²) in [6.07, 6.45) is 2.85. The molecule has 0 aliphatic heterocycles. The van der Waals surface area contributed by atoms with Crippen LogP contribution in [0.15, 0.2) is 54.6 Å². The molecule has 2 aromatic rings. The second-order valence-corrected chi connectivity index (χ2v) is 6.64. The largest absolute Gasteiger partial charge is 0.493 e. The van der Waals surface area contributed by atoms with Crippen molar-refractivity contribution in [2.24, 2.45) is 0 Å². The third kappa shape index (κ3) is 7.70. The highest BCUT2D eigenvalue weighted by molar-refractivity contribution is 5.77. The fourth-order valence-corrected chi connectivity index (χ4v) is 2.78. The molecule has 0 saturated heterocycles. The number of rotatable bonds is 11. The van der Waals surface area contributed by atoms with Crippen molar-refractivity contribution in [3.05, 3.63) is 65.7 Å². The van der Waals surface area contributed by atoms with E-state index in [2.05, 4.69) is 17.4 Å². The van der Waals surface area contributed by atoms with Crippen LogP contribution in [-0.2, 0) is 11.2 Å². The highest BCUT2D eigenvalue weighted by atomic mass is 16.5. The SMILES string of the molecule is Cc1ccccc1OCCCN(C)CC(=O)NCCCc1ccccc1. The van der Waals surface area contributed by atoms with Gasteiger partial charge in [-0.2, -0.15) is 0 Å². The highest BCUT2D eigenvalue weighted by Gasteiger charge is 2.06. The van der Waals surface area contributed by atoms with Crippen LogP contribution < -0.4 is 10.1 Å². The molecule has 2 rings (SSSR count). The van der Waals surface area contributed by atoms with Gasteiger partial charge >= 0.3 is 0 Å². The Morgan fingerprint density at radius 1 is 1.04 bits per heavy atom. The van der Waals surface area contributed by atoms with Crippen molar-refractivity contribution >= 4 is 5.91 Å². The molecular formula is C22H30N2O2. The molecule has 4 nitrogen and oxygen atoms in total. The maximum atomic E-state index is 12.0. The Morgan fingerprint density at radius 2 is 1.77 bits per heavy atom. The van der Waals surface area contributed by atoms with E-state index < -0.39 is 0 Å². The minimum absolute atomic E-state index is 0.0837. The van der Waals surface area contributed by atoms with Crippen molar-refractivity contribution in [1.29, 1.82) is 0 Å². The summed E-state index contributed by atoms with van der Waals surface area (Å²) in [7, 11) is 1.97. The van der Waals surface area contributed by atoms with Gasteiger partial charge in [0, 0.05) is 13.1 Å². The van der Waals surface area contributed by atoms with Crippen molar-refractivity contribution in [3.63, 3.8) is 0 Å². The van der Waals surface area contributed by atoms with Gasteiger partial charge in [0.15, 0.2) is 0 Å². The van der Waals surface area contributed by atoms with Gasteiger partial charge in [-0.1, -0.05) is 48.5 Å². The van der Waals surface area contributed by atoms with E-state index in [4.69, 9.17) is 4.74 Å². The van der Waals surface area contributed by atoms with Crippen molar-refractivity contribution in [2.45, 2.75) is 26.2 Å². The molecule has 4 heteroatoms. The van der Waals surface area contributed by atoms with Gasteiger partial charge in [-0.3, -0.25) is 9.69 Å². The first kappa shape index (κ1) is 20.0. The summed E-state index contributed by atoms with van der Waals surface area (Å²) in [5.41, 5.74) is 2.46. The second kappa shape index (κ2) is 11.3. The van der Waals surface area contributed by atoms with Gasteiger partial charge in [-0.15, -0.1) is 0 Å². The first-order valence-corrected chi connectivity index (χ1v) is 9.33. The molecule has 0 spiro atoms. The zero-order valence-electron chi connectivity index (χ0n) is 15.9. The normalized spacial score (nSPS) is 10.7. The molecule has 0 radical (unpaired) electrons. The van der Waals surface area contributed by atoms with Crippen LogP contribution in [0.25, 0.3) is 0 Å². The maximum absolute atomic E-state index is 12.0. The van der Waals surface area contributed by atoms with Gasteiger partial charge in [-0.05, 0) is 50.4 Å². The minimum atomic E-state index is 0.0837. The lowest BCUT2D eigenvalue weighted by Gasteiger charge is -2.16. The zero-order valence-corrected chi connectivity index (χ0v) is 15.9. The van der Waals surface area contributed by atoms with Crippen LogP contribution in [0.2, 0.25) is 0 Å². The predicted molar refractivity (Wildman–Crippen MR) is 107 cm³/mol. The number of likely N-dealkylation sites (N-methyl/N-ethyl adjacent to an activating group) is 1. The van der Waals surface area contributed by atoms with Gasteiger partial charge in [0.1, 0.15) is 5.75 Å². The molecule has 140 valence electrons. The summed E-state index contributed by atoms with van der Waals surface area (Å²) in [6.45, 7) is 4.69. The Labute approximate surface area is 157 Å². The Bertz CT molecular complexity index is 658. The lowest BCUT2D eigenvalue weighted by atomic mass is 10.1. The molecule has 2 aromatic carbocycles. The molecule has 0 saturated carbocycles. The van der Waals surface area contributed by atoms with Crippen molar-refractivity contribution in [2.75, 3.05) is 33.3 Å². The number of benzene rings is 2. The van der Waals surface area contributed by atoms with Crippen LogP contribution in [0.1, 0.15) is 24.0 Å².